The number of carbonyl (C=O) groups is 8. The first-order valence-electron chi connectivity index (χ1n) is 20.9. The molecule has 1 aromatic heterocycles. The molecule has 0 atom stereocenters. The number of benzene rings is 1. The second-order valence-corrected chi connectivity index (χ2v) is 15.1. The fraction of sp³-hybridized carbons (Fsp3) is 0.465. The first-order valence-corrected chi connectivity index (χ1v) is 20.9. The molecule has 68 heavy (non-hydrogen) atoms. The Bertz CT molecular complexity index is 2310. The molecular weight excluding hydrogens is 909 g/mol. The van der Waals surface area contributed by atoms with Crippen molar-refractivity contribution < 1.29 is 98.8 Å². The zero-order chi connectivity index (χ0) is 50.3. The van der Waals surface area contributed by atoms with Crippen LogP contribution in [0.4, 0.5) is 14.3 Å². The van der Waals surface area contributed by atoms with E-state index in [9.17, 15) is 38.4 Å². The van der Waals surface area contributed by atoms with Crippen molar-refractivity contribution >= 4 is 71.7 Å². The van der Waals surface area contributed by atoms with Crippen molar-refractivity contribution in [2.45, 2.75) is 55.4 Å². The quantitative estimate of drug-likeness (QED) is 0.0456. The highest BCUT2D eigenvalue weighted by molar-refractivity contribution is 6.58. The van der Waals surface area contributed by atoms with Crippen LogP contribution in [-0.2, 0) is 81.0 Å². The van der Waals surface area contributed by atoms with E-state index < -0.39 is 108 Å². The molecular formula is C43H53BF2N4O18. The van der Waals surface area contributed by atoms with E-state index in [0.717, 1.165) is 36.7 Å². The van der Waals surface area contributed by atoms with Crippen LogP contribution in [-0.4, -0.2) is 154 Å². The maximum absolute atomic E-state index is 16.5. The summed E-state index contributed by atoms with van der Waals surface area (Å²) >= 11 is 0. The van der Waals surface area contributed by atoms with E-state index in [1.54, 1.807) is 52.0 Å². The van der Waals surface area contributed by atoms with E-state index in [0.29, 0.717) is 33.7 Å². The van der Waals surface area contributed by atoms with E-state index in [4.69, 9.17) is 37.9 Å². The number of hydrogen-bond acceptors (Lipinski definition) is 20. The largest absolute Gasteiger partial charge is 0.737 e. The van der Waals surface area contributed by atoms with E-state index >= 15 is 8.63 Å². The fourth-order valence-corrected chi connectivity index (χ4v) is 7.14. The number of halogens is 2. The van der Waals surface area contributed by atoms with Gasteiger partial charge in [0, 0.05) is 58.5 Å². The summed E-state index contributed by atoms with van der Waals surface area (Å²) in [6.07, 6.45) is 1.66. The molecule has 0 unspecified atom stereocenters. The van der Waals surface area contributed by atoms with E-state index in [1.165, 1.54) is 15.9 Å². The van der Waals surface area contributed by atoms with Crippen LogP contribution in [0.5, 0.6) is 5.75 Å². The van der Waals surface area contributed by atoms with Gasteiger partial charge in [-0.05, 0) is 55.8 Å². The van der Waals surface area contributed by atoms with Gasteiger partial charge in [0.15, 0.2) is 5.70 Å². The third kappa shape index (κ3) is 14.9. The lowest BCUT2D eigenvalue weighted by atomic mass is 9.83. The standard InChI is InChI=1S/C43H53BF2N4O18/c1-26-15-28(3)49-42(26)41(43-27(2)16-29(4)50(43)44(49,45)46)34-9-10-35(48(20-39(57)67-24-63-32(7)53)21-40(58)68-25-64-33(8)54)36(17-34)60-14-13-59-12-11-47(18-37(55)65-22-61-30(5)51)19-38(56)66-23-62-31(6)52/h9-10,15-17H,11-14,18-25H2,1-8H3. The molecule has 3 heterocycles. The molecule has 2 aliphatic rings. The maximum Gasteiger partial charge on any atom is 0.737 e. The van der Waals surface area contributed by atoms with Crippen LogP contribution in [0.1, 0.15) is 64.1 Å². The highest BCUT2D eigenvalue weighted by atomic mass is 19.2. The molecule has 2 aromatic rings. The van der Waals surface area contributed by atoms with Crippen LogP contribution < -0.4 is 9.64 Å². The van der Waals surface area contributed by atoms with Gasteiger partial charge in [-0.1, -0.05) is 6.07 Å². The number of hydrogen-bond donors (Lipinski definition) is 0. The Hall–Kier alpha value is -7.15. The second-order valence-electron chi connectivity index (χ2n) is 15.1. The summed E-state index contributed by atoms with van der Waals surface area (Å²) in [5, 5.41) is 0. The molecule has 25 heteroatoms. The van der Waals surface area contributed by atoms with Gasteiger partial charge in [0.1, 0.15) is 31.2 Å². The second kappa shape index (κ2) is 24.6. The van der Waals surface area contributed by atoms with Crippen molar-refractivity contribution in [1.29, 1.82) is 0 Å². The number of esters is 8. The first-order chi connectivity index (χ1) is 32.1. The Morgan fingerprint density at radius 2 is 1.12 bits per heavy atom. The maximum atomic E-state index is 16.5. The van der Waals surface area contributed by atoms with Gasteiger partial charge in [0.25, 0.3) is 0 Å². The molecule has 0 radical (unpaired) electrons. The zero-order valence-electron chi connectivity index (χ0n) is 38.8. The van der Waals surface area contributed by atoms with Crippen LogP contribution in [0.3, 0.4) is 0 Å². The van der Waals surface area contributed by atoms with Crippen molar-refractivity contribution in [2.24, 2.45) is 0 Å². The average molecular weight is 963 g/mol. The van der Waals surface area contributed by atoms with Gasteiger partial charge in [-0.2, -0.15) is 0 Å². The molecule has 0 spiro atoms. The van der Waals surface area contributed by atoms with Gasteiger partial charge in [-0.15, -0.1) is 0 Å². The lowest BCUT2D eigenvalue weighted by Gasteiger charge is -2.34. The summed E-state index contributed by atoms with van der Waals surface area (Å²) in [4.78, 5) is 98.5. The predicted octanol–water partition coefficient (Wildman–Crippen LogP) is 2.29. The Morgan fingerprint density at radius 1 is 0.632 bits per heavy atom. The van der Waals surface area contributed by atoms with Crippen LogP contribution in [0.25, 0.3) is 5.57 Å². The summed E-state index contributed by atoms with van der Waals surface area (Å²) in [7, 11) is 0. The number of nitrogens with zero attached hydrogens (tertiary/aromatic N) is 4. The third-order valence-corrected chi connectivity index (χ3v) is 9.83. The van der Waals surface area contributed by atoms with Gasteiger partial charge >= 0.3 is 54.7 Å². The Labute approximate surface area is 389 Å². The van der Waals surface area contributed by atoms with Crippen molar-refractivity contribution in [2.75, 3.05) is 84.6 Å². The highest BCUT2D eigenvalue weighted by Gasteiger charge is 2.55. The monoisotopic (exact) mass is 962 g/mol. The number of ether oxygens (including phenoxy) is 10. The fourth-order valence-electron chi connectivity index (χ4n) is 7.14. The average Bonchev–Trinajstić information content (AvgIpc) is 3.71. The van der Waals surface area contributed by atoms with Gasteiger partial charge in [0.2, 0.25) is 27.2 Å². The minimum absolute atomic E-state index is 0.0228. The smallest absolute Gasteiger partial charge is 0.489 e. The molecule has 370 valence electrons. The number of carbonyl (C=O) groups excluding carboxylic acids is 8. The van der Waals surface area contributed by atoms with Crippen LogP contribution >= 0.6 is 0 Å². The summed E-state index contributed by atoms with van der Waals surface area (Å²) in [6, 6.07) is 6.31. The summed E-state index contributed by atoms with van der Waals surface area (Å²) < 4.78 is 85.6. The first kappa shape index (κ1) is 53.5. The van der Waals surface area contributed by atoms with Crippen molar-refractivity contribution in [3.63, 3.8) is 0 Å². The van der Waals surface area contributed by atoms with Gasteiger partial charge < -0.3 is 69.9 Å². The van der Waals surface area contributed by atoms with Crippen molar-refractivity contribution in [1.82, 2.24) is 9.38 Å². The highest BCUT2D eigenvalue weighted by Crippen LogP contribution is 2.45. The normalized spacial score (nSPS) is 13.4. The minimum atomic E-state index is -4.32. The Morgan fingerprint density at radius 3 is 1.60 bits per heavy atom. The molecule has 0 saturated carbocycles. The Balaban J connectivity index is 1.67. The number of aromatic nitrogens is 1. The predicted molar refractivity (Wildman–Crippen MR) is 230 cm³/mol. The molecule has 0 amide bonds. The molecule has 2 aliphatic heterocycles. The topological polar surface area (TPSA) is 243 Å². The van der Waals surface area contributed by atoms with Crippen LogP contribution in [0, 0.1) is 13.8 Å². The van der Waals surface area contributed by atoms with Gasteiger partial charge in [-0.25, -0.2) is 0 Å². The summed E-state index contributed by atoms with van der Waals surface area (Å²) in [5.74, 6) is -6.44. The number of anilines is 1. The summed E-state index contributed by atoms with van der Waals surface area (Å²) in [6.45, 7) is 1.17. The van der Waals surface area contributed by atoms with Crippen molar-refractivity contribution in [3.05, 3.63) is 64.1 Å². The third-order valence-electron chi connectivity index (χ3n) is 9.83. The SMILES string of the molecule is CC(=O)OCOC(=O)CN(CCOCCOc1cc(C2=C3C(C)=CC(C)=[N+]3[B-](F)(F)n3c(C)cc(C)c32)ccc1N(CC(=O)OCOC(C)=O)CC(=O)OCOC(C)=O)CC(=O)OCOC(C)=O. The van der Waals surface area contributed by atoms with E-state index in [2.05, 4.69) is 9.47 Å². The Kier molecular flexibility index (Phi) is 19.3. The zero-order valence-corrected chi connectivity index (χ0v) is 38.8. The van der Waals surface area contributed by atoms with Crippen molar-refractivity contribution in [3.8, 4) is 5.75 Å². The van der Waals surface area contributed by atoms with Gasteiger partial charge in [-0.3, -0.25) is 43.3 Å². The van der Waals surface area contributed by atoms with Crippen LogP contribution in [0.15, 0.2) is 41.6 Å². The number of fused-ring (bicyclic) bond motifs is 2. The molecule has 0 aliphatic carbocycles. The minimum Gasteiger partial charge on any atom is -0.489 e. The molecule has 0 N–H and O–H groups in total. The lowest BCUT2D eigenvalue weighted by Crippen LogP contribution is -2.51. The van der Waals surface area contributed by atoms with E-state index in [-0.39, 0.29) is 49.2 Å². The molecule has 1 aromatic carbocycles. The molecule has 0 saturated heterocycles. The lowest BCUT2D eigenvalue weighted by molar-refractivity contribution is -0.363. The molecule has 4 rings (SSSR count). The van der Waals surface area contributed by atoms with Gasteiger partial charge in [0.05, 0.1) is 37.6 Å². The number of aryl methyl sites for hydroxylation is 2. The molecule has 0 fully saturated rings. The van der Waals surface area contributed by atoms with E-state index in [1.807, 2.05) is 0 Å². The van der Waals surface area contributed by atoms with Crippen LogP contribution in [0.2, 0.25) is 0 Å². The summed E-state index contributed by atoms with van der Waals surface area (Å²) in [5.41, 5.74) is 3.26. The molecule has 0 bridgehead atoms. The molecule has 22 nitrogen and oxygen atoms in total. The number of rotatable bonds is 25. The number of allylic oxidation sites excluding steroid dienone is 2.